The number of rotatable bonds is 10. The van der Waals surface area contributed by atoms with Crippen LogP contribution < -0.4 is 35.6 Å². The Kier molecular flexibility index (Phi) is 16.8. The van der Waals surface area contributed by atoms with Gasteiger partial charge in [0.05, 0.1) is 8.95 Å². The van der Waals surface area contributed by atoms with Crippen LogP contribution in [-0.4, -0.2) is 115 Å². The van der Waals surface area contributed by atoms with E-state index in [0.29, 0.717) is 37.1 Å². The molecule has 0 atom stereocenters. The molecular weight excluding hydrogens is 936 g/mol. The number of nitrogens with zero attached hydrogens (tertiary/aromatic N) is 9. The van der Waals surface area contributed by atoms with Gasteiger partial charge in [0.25, 0.3) is 0 Å². The smallest absolute Gasteiger partial charge is 0.410 e. The van der Waals surface area contributed by atoms with E-state index in [-0.39, 0.29) is 18.5 Å². The van der Waals surface area contributed by atoms with E-state index < -0.39 is 5.60 Å². The molecule has 2 aliphatic heterocycles. The van der Waals surface area contributed by atoms with Crippen LogP contribution in [-0.2, 0) is 4.74 Å². The largest absolute Gasteiger partial charge is 0.444 e. The zero-order valence-corrected chi connectivity index (χ0v) is 40.7. The Labute approximate surface area is 390 Å². The number of anilines is 8. The van der Waals surface area contributed by atoms with Crippen LogP contribution in [0.25, 0.3) is 0 Å². The van der Waals surface area contributed by atoms with E-state index in [4.69, 9.17) is 14.7 Å². The summed E-state index contributed by atoms with van der Waals surface area (Å²) in [6, 6.07) is 17.9. The lowest BCUT2D eigenvalue weighted by Crippen LogP contribution is -2.50. The first-order valence-corrected chi connectivity index (χ1v) is 23.4. The topological polar surface area (TPSA) is 130 Å². The molecule has 4 aromatic rings. The lowest BCUT2D eigenvalue weighted by atomic mass is 10.2. The SMILES string of the molecule is CN(c1nc(Nc2ccc(N3CCN(C(=O)OC(C)(C)C)CC3)cc2)ncc1Br)C1CCCC1.CN(c1nc(Nc2ccc(N3CCNCC3)cc2)ncc1Br)C1CCCC1.Cl. The maximum atomic E-state index is 12.3. The summed E-state index contributed by atoms with van der Waals surface area (Å²) in [5, 5.41) is 10.1. The zero-order chi connectivity index (χ0) is 42.9. The molecule has 0 spiro atoms. The second-order valence-corrected chi connectivity index (χ2v) is 19.1. The molecule has 4 heterocycles. The third kappa shape index (κ3) is 12.8. The van der Waals surface area contributed by atoms with Crippen LogP contribution in [0, 0.1) is 0 Å². The Morgan fingerprint density at radius 2 is 1.08 bits per heavy atom. The molecule has 4 aliphatic rings. The molecule has 0 unspecified atom stereocenters. The Hall–Kier alpha value is -4.12. The quantitative estimate of drug-likeness (QED) is 0.140. The molecule has 2 aromatic carbocycles. The lowest BCUT2D eigenvalue weighted by Gasteiger charge is -2.36. The van der Waals surface area contributed by atoms with Crippen molar-refractivity contribution in [2.24, 2.45) is 0 Å². The molecule has 3 N–H and O–H groups in total. The molecule has 62 heavy (non-hydrogen) atoms. The molecule has 14 nitrogen and oxygen atoms in total. The fourth-order valence-electron chi connectivity index (χ4n) is 8.43. The monoisotopic (exact) mass is 996 g/mol. The van der Waals surface area contributed by atoms with E-state index in [1.165, 1.54) is 57.1 Å². The number of aromatic nitrogens is 4. The number of carbonyl (C=O) groups is 1. The van der Waals surface area contributed by atoms with Crippen LogP contribution in [0.4, 0.5) is 51.1 Å². The first-order chi connectivity index (χ1) is 29.4. The maximum absolute atomic E-state index is 12.3. The van der Waals surface area contributed by atoms with Crippen molar-refractivity contribution in [1.29, 1.82) is 0 Å². The van der Waals surface area contributed by atoms with Crippen LogP contribution in [0.1, 0.15) is 72.1 Å². The Morgan fingerprint density at radius 1 is 0.677 bits per heavy atom. The first-order valence-electron chi connectivity index (χ1n) is 21.8. The van der Waals surface area contributed by atoms with E-state index >= 15 is 0 Å². The van der Waals surface area contributed by atoms with Crippen molar-refractivity contribution in [3.8, 4) is 0 Å². The minimum atomic E-state index is -0.470. The number of hydrogen-bond donors (Lipinski definition) is 3. The number of piperazine rings is 2. The van der Waals surface area contributed by atoms with E-state index in [0.717, 1.165) is 76.9 Å². The summed E-state index contributed by atoms with van der Waals surface area (Å²) in [4.78, 5) is 41.8. The number of carbonyl (C=O) groups excluding carboxylic acids is 1. The summed E-state index contributed by atoms with van der Waals surface area (Å²) in [6.45, 7) is 12.7. The van der Waals surface area contributed by atoms with Gasteiger partial charge in [0.1, 0.15) is 17.2 Å². The second kappa shape index (κ2) is 22.0. The van der Waals surface area contributed by atoms with Gasteiger partial charge in [0, 0.05) is 114 Å². The van der Waals surface area contributed by atoms with Gasteiger partial charge in [-0.25, -0.2) is 14.8 Å². The highest BCUT2D eigenvalue weighted by atomic mass is 79.9. The summed E-state index contributed by atoms with van der Waals surface area (Å²) in [7, 11) is 4.25. The van der Waals surface area contributed by atoms with Crippen molar-refractivity contribution in [2.45, 2.75) is 89.8 Å². The highest BCUT2D eigenvalue weighted by Gasteiger charge is 2.27. The minimum absolute atomic E-state index is 0. The highest BCUT2D eigenvalue weighted by Crippen LogP contribution is 2.33. The second-order valence-electron chi connectivity index (χ2n) is 17.4. The maximum Gasteiger partial charge on any atom is 0.410 e. The molecule has 8 rings (SSSR count). The van der Waals surface area contributed by atoms with Crippen LogP contribution in [0.5, 0.6) is 0 Å². The molecular formula is C45H63Br2ClN12O2. The summed E-state index contributed by atoms with van der Waals surface area (Å²) in [6.07, 6.45) is 13.5. The highest BCUT2D eigenvalue weighted by molar-refractivity contribution is 9.11. The van der Waals surface area contributed by atoms with Crippen molar-refractivity contribution in [1.82, 2.24) is 30.2 Å². The van der Waals surface area contributed by atoms with Gasteiger partial charge in [-0.05, 0) is 127 Å². The zero-order valence-electron chi connectivity index (χ0n) is 36.7. The van der Waals surface area contributed by atoms with Crippen molar-refractivity contribution in [2.75, 3.05) is 96.7 Å². The van der Waals surface area contributed by atoms with Gasteiger partial charge in [-0.15, -0.1) is 12.4 Å². The van der Waals surface area contributed by atoms with Crippen LogP contribution in [0.15, 0.2) is 69.9 Å². The van der Waals surface area contributed by atoms with Gasteiger partial charge in [-0.1, -0.05) is 25.7 Å². The van der Waals surface area contributed by atoms with Crippen LogP contribution >= 0.6 is 44.3 Å². The van der Waals surface area contributed by atoms with Gasteiger partial charge in [0.2, 0.25) is 11.9 Å². The van der Waals surface area contributed by atoms with Crippen molar-refractivity contribution in [3.05, 3.63) is 69.9 Å². The minimum Gasteiger partial charge on any atom is -0.444 e. The number of benzene rings is 2. The number of ether oxygens (including phenoxy) is 1. The fraction of sp³-hybridized carbons (Fsp3) is 0.533. The summed E-state index contributed by atoms with van der Waals surface area (Å²) in [5.74, 6) is 3.09. The molecule has 4 fully saturated rings. The van der Waals surface area contributed by atoms with Crippen LogP contribution in [0.2, 0.25) is 0 Å². The van der Waals surface area contributed by atoms with Gasteiger partial charge < -0.3 is 45.2 Å². The van der Waals surface area contributed by atoms with E-state index in [1.807, 2.05) is 45.3 Å². The van der Waals surface area contributed by atoms with Crippen LogP contribution in [0.3, 0.4) is 0 Å². The molecule has 336 valence electrons. The molecule has 0 radical (unpaired) electrons. The number of hydrogen-bond acceptors (Lipinski definition) is 13. The molecule has 1 amide bonds. The Bertz CT molecular complexity index is 2030. The normalized spacial score (nSPS) is 17.2. The number of amides is 1. The van der Waals surface area contributed by atoms with E-state index in [2.05, 4.69) is 128 Å². The van der Waals surface area contributed by atoms with Crippen molar-refractivity contribution >= 4 is 96.6 Å². The standard InChI is InChI=1S/C25H35BrN6O2.C20H27BrN6.ClH/c1-25(2,3)34-24(33)32-15-13-31(14-16-32)20-11-9-18(10-12-20)28-23-27-17-21(26)22(29-23)30(4)19-7-5-6-8-19;1-26(16-4-2-3-5-16)19-18(21)14-23-20(25-19)24-15-6-8-17(9-7-15)27-12-10-22-11-13-27;/h9-12,17,19H,5-8,13-16H2,1-4H3,(H,27,28,29);6-9,14,16,22H,2-5,10-13H2,1H3,(H,23,24,25);1H. The molecule has 0 bridgehead atoms. The summed E-state index contributed by atoms with van der Waals surface area (Å²) in [5.41, 5.74) is 3.87. The summed E-state index contributed by atoms with van der Waals surface area (Å²) >= 11 is 7.22. The third-order valence-corrected chi connectivity index (χ3v) is 13.0. The van der Waals surface area contributed by atoms with Gasteiger partial charge in [-0.3, -0.25) is 0 Å². The first kappa shape index (κ1) is 47.4. The van der Waals surface area contributed by atoms with E-state index in [1.54, 1.807) is 4.90 Å². The van der Waals surface area contributed by atoms with Crippen molar-refractivity contribution < 1.29 is 9.53 Å². The average Bonchev–Trinajstić information content (AvgIpc) is 4.02. The van der Waals surface area contributed by atoms with Gasteiger partial charge in [0.15, 0.2) is 0 Å². The average molecular weight is 999 g/mol. The molecule has 2 saturated carbocycles. The lowest BCUT2D eigenvalue weighted by molar-refractivity contribution is 0.0240. The predicted molar refractivity (Wildman–Crippen MR) is 263 cm³/mol. The molecule has 2 aliphatic carbocycles. The Balaban J connectivity index is 0.000000209. The molecule has 17 heteroatoms. The third-order valence-electron chi connectivity index (χ3n) is 11.9. The van der Waals surface area contributed by atoms with Crippen molar-refractivity contribution in [3.63, 3.8) is 0 Å². The van der Waals surface area contributed by atoms with Gasteiger partial charge >= 0.3 is 6.09 Å². The Morgan fingerprint density at radius 3 is 1.48 bits per heavy atom. The summed E-state index contributed by atoms with van der Waals surface area (Å²) < 4.78 is 7.34. The van der Waals surface area contributed by atoms with E-state index in [9.17, 15) is 4.79 Å². The van der Waals surface area contributed by atoms with Gasteiger partial charge in [-0.2, -0.15) is 9.97 Å². The predicted octanol–water partition coefficient (Wildman–Crippen LogP) is 9.61. The molecule has 2 aromatic heterocycles. The fourth-order valence-corrected chi connectivity index (χ4v) is 9.37. The number of halogens is 3. The molecule has 2 saturated heterocycles. The number of nitrogens with one attached hydrogen (secondary N) is 3.